The van der Waals surface area contributed by atoms with E-state index < -0.39 is 0 Å². The van der Waals surface area contributed by atoms with E-state index in [1.54, 1.807) is 18.3 Å². The van der Waals surface area contributed by atoms with Crippen LogP contribution in [-0.4, -0.2) is 4.98 Å². The van der Waals surface area contributed by atoms with Crippen molar-refractivity contribution in [3.8, 4) is 11.6 Å². The monoisotopic (exact) mass is 297 g/mol. The quantitative estimate of drug-likeness (QED) is 0.808. The average Bonchev–Trinajstić information content (AvgIpc) is 2.28. The van der Waals surface area contributed by atoms with Crippen LogP contribution >= 0.6 is 27.5 Å². The van der Waals surface area contributed by atoms with Gasteiger partial charge in [-0.2, -0.15) is 0 Å². The van der Waals surface area contributed by atoms with Crippen LogP contribution in [0.25, 0.3) is 0 Å². The summed E-state index contributed by atoms with van der Waals surface area (Å²) in [5.74, 6) is 1.12. The maximum Gasteiger partial charge on any atom is 0.233 e. The maximum atomic E-state index is 6.00. The Balaban J connectivity index is 2.35. The van der Waals surface area contributed by atoms with E-state index in [1.807, 2.05) is 25.1 Å². The molecule has 0 unspecified atom stereocenters. The van der Waals surface area contributed by atoms with E-state index in [0.29, 0.717) is 16.7 Å². The summed E-state index contributed by atoms with van der Waals surface area (Å²) < 4.78 is 6.47. The minimum absolute atomic E-state index is 0.521. The Hall–Kier alpha value is -1.06. The minimum Gasteiger partial charge on any atom is -0.436 e. The van der Waals surface area contributed by atoms with E-state index in [0.717, 1.165) is 10.0 Å². The molecule has 0 aliphatic heterocycles. The van der Waals surface area contributed by atoms with Crippen LogP contribution in [0.2, 0.25) is 5.02 Å². The van der Waals surface area contributed by atoms with Crippen LogP contribution in [0, 0.1) is 6.92 Å². The number of hydrogen-bond acceptors (Lipinski definition) is 2. The summed E-state index contributed by atoms with van der Waals surface area (Å²) in [7, 11) is 0. The van der Waals surface area contributed by atoms with E-state index in [2.05, 4.69) is 20.9 Å². The van der Waals surface area contributed by atoms with E-state index in [-0.39, 0.29) is 0 Å². The predicted octanol–water partition coefficient (Wildman–Crippen LogP) is 4.60. The SMILES string of the molecule is Cc1ccnc(Oc2ccccc2Cl)c1Br. The lowest BCUT2D eigenvalue weighted by atomic mass is 10.3. The molecule has 4 heteroatoms. The molecule has 0 N–H and O–H groups in total. The van der Waals surface area contributed by atoms with Gasteiger partial charge < -0.3 is 4.74 Å². The van der Waals surface area contributed by atoms with Crippen LogP contribution in [0.1, 0.15) is 5.56 Å². The van der Waals surface area contributed by atoms with Crippen molar-refractivity contribution in [3.63, 3.8) is 0 Å². The molecule has 2 aromatic rings. The van der Waals surface area contributed by atoms with Crippen molar-refractivity contribution in [2.75, 3.05) is 0 Å². The van der Waals surface area contributed by atoms with Crippen LogP contribution in [-0.2, 0) is 0 Å². The normalized spacial score (nSPS) is 10.2. The van der Waals surface area contributed by atoms with E-state index >= 15 is 0 Å². The van der Waals surface area contributed by atoms with Crippen LogP contribution in [0.4, 0.5) is 0 Å². The molecule has 0 saturated carbocycles. The van der Waals surface area contributed by atoms with Gasteiger partial charge in [-0.15, -0.1) is 0 Å². The number of ether oxygens (including phenoxy) is 1. The minimum atomic E-state index is 0.521. The molecule has 0 atom stereocenters. The van der Waals surface area contributed by atoms with Gasteiger partial charge in [0, 0.05) is 6.20 Å². The van der Waals surface area contributed by atoms with Gasteiger partial charge in [0.2, 0.25) is 5.88 Å². The molecule has 16 heavy (non-hydrogen) atoms. The topological polar surface area (TPSA) is 22.1 Å². The van der Waals surface area contributed by atoms with Gasteiger partial charge in [0.25, 0.3) is 0 Å². The van der Waals surface area contributed by atoms with Crippen LogP contribution in [0.15, 0.2) is 41.0 Å². The average molecular weight is 299 g/mol. The molecule has 2 rings (SSSR count). The van der Waals surface area contributed by atoms with E-state index in [1.165, 1.54) is 0 Å². The lowest BCUT2D eigenvalue weighted by Gasteiger charge is -2.08. The zero-order valence-electron chi connectivity index (χ0n) is 8.58. The number of rotatable bonds is 2. The number of hydrogen-bond donors (Lipinski definition) is 0. The predicted molar refractivity (Wildman–Crippen MR) is 68.2 cm³/mol. The van der Waals surface area contributed by atoms with E-state index in [4.69, 9.17) is 16.3 Å². The molecule has 1 aromatic carbocycles. The summed E-state index contributed by atoms with van der Waals surface area (Å²) in [5, 5.41) is 0.567. The molecule has 0 aliphatic carbocycles. The number of benzene rings is 1. The molecule has 0 radical (unpaired) electrons. The highest BCUT2D eigenvalue weighted by molar-refractivity contribution is 9.10. The Morgan fingerprint density at radius 3 is 2.75 bits per heavy atom. The van der Waals surface area contributed by atoms with Gasteiger partial charge in [0.05, 0.1) is 9.50 Å². The first-order chi connectivity index (χ1) is 7.68. The molecule has 1 heterocycles. The van der Waals surface area contributed by atoms with Gasteiger partial charge in [-0.3, -0.25) is 0 Å². The highest BCUT2D eigenvalue weighted by Crippen LogP contribution is 2.33. The third-order valence-corrected chi connectivity index (χ3v) is 3.37. The van der Waals surface area contributed by atoms with Gasteiger partial charge in [-0.1, -0.05) is 23.7 Å². The summed E-state index contributed by atoms with van der Waals surface area (Å²) in [4.78, 5) is 4.15. The Labute approximate surface area is 107 Å². The van der Waals surface area contributed by atoms with Gasteiger partial charge >= 0.3 is 0 Å². The molecule has 0 spiro atoms. The standard InChI is InChI=1S/C12H9BrClNO/c1-8-6-7-15-12(11(8)13)16-10-5-3-2-4-9(10)14/h2-7H,1H3. The molecule has 1 aromatic heterocycles. The number of aryl methyl sites for hydroxylation is 1. The first-order valence-corrected chi connectivity index (χ1v) is 5.89. The molecule has 0 bridgehead atoms. The maximum absolute atomic E-state index is 6.00. The molecule has 0 aliphatic rings. The van der Waals surface area contributed by atoms with Crippen molar-refractivity contribution in [2.45, 2.75) is 6.92 Å². The number of pyridine rings is 1. The first kappa shape index (κ1) is 11.4. The summed E-state index contributed by atoms with van der Waals surface area (Å²) in [5.41, 5.74) is 1.07. The van der Waals surface area contributed by atoms with E-state index in [9.17, 15) is 0 Å². The highest BCUT2D eigenvalue weighted by Gasteiger charge is 2.08. The zero-order chi connectivity index (χ0) is 11.5. The molecule has 2 nitrogen and oxygen atoms in total. The molecule has 0 fully saturated rings. The number of nitrogens with zero attached hydrogens (tertiary/aromatic N) is 1. The highest BCUT2D eigenvalue weighted by atomic mass is 79.9. The van der Waals surface area contributed by atoms with Crippen molar-refractivity contribution in [3.05, 3.63) is 51.6 Å². The number of para-hydroxylation sites is 1. The van der Waals surface area contributed by atoms with Crippen molar-refractivity contribution in [2.24, 2.45) is 0 Å². The van der Waals surface area contributed by atoms with Crippen molar-refractivity contribution < 1.29 is 4.74 Å². The van der Waals surface area contributed by atoms with Crippen molar-refractivity contribution >= 4 is 27.5 Å². The van der Waals surface area contributed by atoms with Crippen LogP contribution < -0.4 is 4.74 Å². The molecule has 0 saturated heterocycles. The van der Waals surface area contributed by atoms with Crippen molar-refractivity contribution in [1.82, 2.24) is 4.98 Å². The Bertz CT molecular complexity index is 516. The van der Waals surface area contributed by atoms with Crippen molar-refractivity contribution in [1.29, 1.82) is 0 Å². The summed E-state index contributed by atoms with van der Waals surface area (Å²) in [6, 6.07) is 9.21. The van der Waals surface area contributed by atoms with Gasteiger partial charge in [0.15, 0.2) is 0 Å². The third-order valence-electron chi connectivity index (χ3n) is 2.09. The lowest BCUT2D eigenvalue weighted by Crippen LogP contribution is -1.91. The fraction of sp³-hybridized carbons (Fsp3) is 0.0833. The Morgan fingerprint density at radius 2 is 2.00 bits per heavy atom. The summed E-state index contributed by atoms with van der Waals surface area (Å²) >= 11 is 9.43. The Morgan fingerprint density at radius 1 is 1.25 bits per heavy atom. The first-order valence-electron chi connectivity index (χ1n) is 4.72. The summed E-state index contributed by atoms with van der Waals surface area (Å²) in [6.45, 7) is 1.98. The fourth-order valence-electron chi connectivity index (χ4n) is 1.22. The van der Waals surface area contributed by atoms with Gasteiger partial charge in [0.1, 0.15) is 5.75 Å². The smallest absolute Gasteiger partial charge is 0.233 e. The molecule has 82 valence electrons. The fourth-order valence-corrected chi connectivity index (χ4v) is 1.71. The second kappa shape index (κ2) is 4.85. The van der Waals surface area contributed by atoms with Gasteiger partial charge in [-0.05, 0) is 46.6 Å². The van der Waals surface area contributed by atoms with Gasteiger partial charge in [-0.25, -0.2) is 4.98 Å². The second-order valence-electron chi connectivity index (χ2n) is 3.28. The summed E-state index contributed by atoms with van der Waals surface area (Å²) in [6.07, 6.45) is 1.70. The zero-order valence-corrected chi connectivity index (χ0v) is 10.9. The molecular weight excluding hydrogens is 289 g/mol. The molecule has 0 amide bonds. The van der Waals surface area contributed by atoms with Crippen LogP contribution in [0.5, 0.6) is 11.6 Å². The Kier molecular flexibility index (Phi) is 3.46. The lowest BCUT2D eigenvalue weighted by molar-refractivity contribution is 0.459. The third kappa shape index (κ3) is 2.36. The second-order valence-corrected chi connectivity index (χ2v) is 4.48. The number of aromatic nitrogens is 1. The number of halogens is 2. The molecular formula is C12H9BrClNO. The largest absolute Gasteiger partial charge is 0.436 e. The van der Waals surface area contributed by atoms with Crippen LogP contribution in [0.3, 0.4) is 0 Å².